The van der Waals surface area contributed by atoms with Crippen LogP contribution in [-0.2, 0) is 11.3 Å². The smallest absolute Gasteiger partial charge is 0.342 e. The van der Waals surface area contributed by atoms with Crippen LogP contribution in [0.15, 0.2) is 6.20 Å². The highest BCUT2D eigenvalue weighted by molar-refractivity contribution is 5.62. The van der Waals surface area contributed by atoms with Gasteiger partial charge in [-0.1, -0.05) is 0 Å². The second-order valence-electron chi connectivity index (χ2n) is 2.81. The zero-order valence-corrected chi connectivity index (χ0v) is 8.95. The number of aliphatic carboxylic acids is 1. The van der Waals surface area contributed by atoms with Crippen LogP contribution in [0.1, 0.15) is 12.7 Å². The Labute approximate surface area is 91.3 Å². The van der Waals surface area contributed by atoms with Gasteiger partial charge in [-0.3, -0.25) is 4.79 Å². The molecule has 1 rings (SSSR count). The van der Waals surface area contributed by atoms with E-state index in [1.165, 1.54) is 10.8 Å². The number of nitrogens with zero attached hydrogens (tertiary/aromatic N) is 3. The lowest BCUT2D eigenvalue weighted by atomic mass is 10.6. The second kappa shape index (κ2) is 6.51. The van der Waals surface area contributed by atoms with Gasteiger partial charge in [-0.05, 0) is 4.92 Å². The number of aliphatic hydroxyl groups is 1. The van der Waals surface area contributed by atoms with Gasteiger partial charge in [0.05, 0.1) is 6.61 Å². The van der Waals surface area contributed by atoms with Crippen molar-refractivity contribution in [2.24, 2.45) is 0 Å². The van der Waals surface area contributed by atoms with Gasteiger partial charge in [0, 0.05) is 13.8 Å². The molecule has 1 aromatic rings. The van der Waals surface area contributed by atoms with Crippen LogP contribution in [-0.4, -0.2) is 37.3 Å². The number of nitro groups is 1. The fourth-order valence-electron chi connectivity index (χ4n) is 0.978. The quantitative estimate of drug-likeness (QED) is 0.565. The van der Waals surface area contributed by atoms with Gasteiger partial charge in [0.1, 0.15) is 12.7 Å². The molecule has 0 bridgehead atoms. The number of aryl methyl sites for hydroxylation is 1. The lowest BCUT2D eigenvalue weighted by Crippen LogP contribution is -2.07. The highest BCUT2D eigenvalue weighted by Gasteiger charge is 2.15. The molecule has 0 aliphatic carbocycles. The van der Waals surface area contributed by atoms with Crippen molar-refractivity contribution < 1.29 is 19.9 Å². The van der Waals surface area contributed by atoms with Crippen molar-refractivity contribution in [2.75, 3.05) is 6.61 Å². The minimum atomic E-state index is -0.833. The van der Waals surface area contributed by atoms with Crippen LogP contribution in [0.2, 0.25) is 0 Å². The molecule has 0 saturated heterocycles. The molecule has 0 atom stereocenters. The molecule has 0 aliphatic rings. The molecule has 0 amide bonds. The third-order valence-electron chi connectivity index (χ3n) is 1.54. The van der Waals surface area contributed by atoms with Gasteiger partial charge in [-0.25, -0.2) is 9.55 Å². The zero-order chi connectivity index (χ0) is 12.7. The third-order valence-corrected chi connectivity index (χ3v) is 1.54. The topological polar surface area (TPSA) is 118 Å². The Hall–Kier alpha value is -1.96. The SMILES string of the molecule is CC(=O)O.Cc1ncc([N+](=O)[O-])n1CCO. The Morgan fingerprint density at radius 2 is 2.19 bits per heavy atom. The van der Waals surface area contributed by atoms with Gasteiger partial charge in [0.15, 0.2) is 5.82 Å². The van der Waals surface area contributed by atoms with Crippen LogP contribution in [0.5, 0.6) is 0 Å². The van der Waals surface area contributed by atoms with Gasteiger partial charge in [-0.15, -0.1) is 0 Å². The number of aromatic nitrogens is 2. The monoisotopic (exact) mass is 231 g/mol. The van der Waals surface area contributed by atoms with Crippen molar-refractivity contribution in [1.29, 1.82) is 0 Å². The predicted molar refractivity (Wildman–Crippen MR) is 54.0 cm³/mol. The van der Waals surface area contributed by atoms with E-state index in [0.29, 0.717) is 5.82 Å². The standard InChI is InChI=1S/C6H9N3O3.C2H4O2/c1-5-7-4-6(9(11)12)8(5)2-3-10;1-2(3)4/h4,10H,2-3H2,1H3;1H3,(H,3,4). The summed E-state index contributed by atoms with van der Waals surface area (Å²) in [5, 5.41) is 26.4. The summed E-state index contributed by atoms with van der Waals surface area (Å²) >= 11 is 0. The molecule has 0 saturated carbocycles. The third kappa shape index (κ3) is 4.51. The normalized spacial score (nSPS) is 9.19. The molecule has 8 heteroatoms. The second-order valence-corrected chi connectivity index (χ2v) is 2.81. The van der Waals surface area contributed by atoms with Crippen LogP contribution < -0.4 is 0 Å². The minimum Gasteiger partial charge on any atom is -0.481 e. The lowest BCUT2D eigenvalue weighted by Gasteiger charge is -1.98. The number of carboxylic acids is 1. The summed E-state index contributed by atoms with van der Waals surface area (Å²) in [6.45, 7) is 2.82. The van der Waals surface area contributed by atoms with Gasteiger partial charge >= 0.3 is 5.82 Å². The molecule has 0 aliphatic heterocycles. The zero-order valence-electron chi connectivity index (χ0n) is 8.95. The summed E-state index contributed by atoms with van der Waals surface area (Å²) in [6, 6.07) is 0. The van der Waals surface area contributed by atoms with E-state index in [4.69, 9.17) is 15.0 Å². The maximum absolute atomic E-state index is 10.4. The molecule has 0 spiro atoms. The Balaban J connectivity index is 0.000000487. The van der Waals surface area contributed by atoms with Gasteiger partial charge in [0.25, 0.3) is 5.97 Å². The number of imidazole rings is 1. The van der Waals surface area contributed by atoms with Crippen LogP contribution in [0.3, 0.4) is 0 Å². The van der Waals surface area contributed by atoms with Crippen molar-refractivity contribution >= 4 is 11.8 Å². The highest BCUT2D eigenvalue weighted by atomic mass is 16.6. The summed E-state index contributed by atoms with van der Waals surface area (Å²) < 4.78 is 1.36. The van der Waals surface area contributed by atoms with E-state index in [2.05, 4.69) is 4.98 Å². The molecule has 0 radical (unpaired) electrons. The van der Waals surface area contributed by atoms with Crippen LogP contribution in [0.25, 0.3) is 0 Å². The molecule has 2 N–H and O–H groups in total. The van der Waals surface area contributed by atoms with Crippen molar-refractivity contribution in [3.8, 4) is 0 Å². The van der Waals surface area contributed by atoms with E-state index in [0.717, 1.165) is 6.92 Å². The molecule has 90 valence electrons. The molecular formula is C8H13N3O5. The summed E-state index contributed by atoms with van der Waals surface area (Å²) in [5.41, 5.74) is 0. The van der Waals surface area contributed by atoms with E-state index in [1.807, 2.05) is 0 Å². The van der Waals surface area contributed by atoms with E-state index in [1.54, 1.807) is 6.92 Å². The molecule has 1 heterocycles. The van der Waals surface area contributed by atoms with Crippen molar-refractivity contribution in [3.05, 3.63) is 22.1 Å². The number of carboxylic acid groups (broad SMARTS) is 1. The average Bonchev–Trinajstić information content (AvgIpc) is 2.48. The summed E-state index contributed by atoms with van der Waals surface area (Å²) in [4.78, 5) is 22.6. The molecule has 0 unspecified atom stereocenters. The number of hydrogen-bond acceptors (Lipinski definition) is 5. The Morgan fingerprint density at radius 1 is 1.69 bits per heavy atom. The van der Waals surface area contributed by atoms with E-state index in [-0.39, 0.29) is 19.0 Å². The molecule has 0 aromatic carbocycles. The lowest BCUT2D eigenvalue weighted by molar-refractivity contribution is -0.392. The predicted octanol–water partition coefficient (Wildman–Crippen LogP) is 0.183. The van der Waals surface area contributed by atoms with Crippen LogP contribution >= 0.6 is 0 Å². The summed E-state index contributed by atoms with van der Waals surface area (Å²) in [7, 11) is 0. The molecule has 0 fully saturated rings. The van der Waals surface area contributed by atoms with Crippen molar-refractivity contribution in [2.45, 2.75) is 20.4 Å². The molecule has 16 heavy (non-hydrogen) atoms. The van der Waals surface area contributed by atoms with Gasteiger partial charge < -0.3 is 20.3 Å². The highest BCUT2D eigenvalue weighted by Crippen LogP contribution is 2.12. The van der Waals surface area contributed by atoms with Crippen molar-refractivity contribution in [3.63, 3.8) is 0 Å². The Kier molecular flexibility index (Phi) is 5.71. The van der Waals surface area contributed by atoms with Crippen LogP contribution in [0, 0.1) is 17.0 Å². The van der Waals surface area contributed by atoms with Gasteiger partial charge in [0.2, 0.25) is 0 Å². The van der Waals surface area contributed by atoms with Crippen molar-refractivity contribution in [1.82, 2.24) is 9.55 Å². The maximum atomic E-state index is 10.4. The first-order valence-electron chi connectivity index (χ1n) is 4.37. The minimum absolute atomic E-state index is 0.0819. The van der Waals surface area contributed by atoms with Crippen LogP contribution in [0.4, 0.5) is 5.82 Å². The maximum Gasteiger partial charge on any atom is 0.342 e. The van der Waals surface area contributed by atoms with E-state index in [9.17, 15) is 10.1 Å². The Bertz CT molecular complexity index is 370. The number of hydrogen-bond donors (Lipinski definition) is 2. The molecular weight excluding hydrogens is 218 g/mol. The fourth-order valence-corrected chi connectivity index (χ4v) is 0.978. The number of carbonyl (C=O) groups is 1. The first-order valence-corrected chi connectivity index (χ1v) is 4.37. The van der Waals surface area contributed by atoms with Gasteiger partial charge in [-0.2, -0.15) is 0 Å². The summed E-state index contributed by atoms with van der Waals surface area (Å²) in [5.74, 6) is -0.377. The first-order chi connectivity index (χ1) is 7.40. The number of aliphatic hydroxyl groups excluding tert-OH is 1. The van der Waals surface area contributed by atoms with E-state index >= 15 is 0 Å². The molecule has 8 nitrogen and oxygen atoms in total. The first kappa shape index (κ1) is 14.0. The van der Waals surface area contributed by atoms with E-state index < -0.39 is 10.9 Å². The molecule has 1 aromatic heterocycles. The Morgan fingerprint density at radius 3 is 2.56 bits per heavy atom. The number of rotatable bonds is 3. The largest absolute Gasteiger partial charge is 0.481 e. The fraction of sp³-hybridized carbons (Fsp3) is 0.500. The summed E-state index contributed by atoms with van der Waals surface area (Å²) in [6.07, 6.45) is 1.19. The average molecular weight is 231 g/mol.